The molecule has 166 valence electrons. The Morgan fingerprint density at radius 2 is 1.66 bits per heavy atom. The summed E-state index contributed by atoms with van der Waals surface area (Å²) >= 11 is 6.40. The third-order valence-corrected chi connectivity index (χ3v) is 4.75. The van der Waals surface area contributed by atoms with Crippen LogP contribution in [0.4, 0.5) is 0 Å². The number of rotatable bonds is 9. The Morgan fingerprint density at radius 1 is 0.969 bits per heavy atom. The van der Waals surface area contributed by atoms with Crippen molar-refractivity contribution in [1.82, 2.24) is 5.43 Å². The van der Waals surface area contributed by atoms with Crippen molar-refractivity contribution in [2.75, 3.05) is 21.3 Å². The van der Waals surface area contributed by atoms with Gasteiger partial charge < -0.3 is 18.9 Å². The van der Waals surface area contributed by atoms with Crippen LogP contribution < -0.4 is 24.4 Å². The lowest BCUT2D eigenvalue weighted by Crippen LogP contribution is -2.17. The van der Waals surface area contributed by atoms with E-state index in [2.05, 4.69) is 10.5 Å². The molecule has 7 nitrogen and oxygen atoms in total. The number of benzene rings is 3. The van der Waals surface area contributed by atoms with Gasteiger partial charge in [0, 0.05) is 11.6 Å². The first-order valence-corrected chi connectivity index (χ1v) is 10.0. The van der Waals surface area contributed by atoms with Gasteiger partial charge >= 0.3 is 0 Å². The summed E-state index contributed by atoms with van der Waals surface area (Å²) in [5.41, 5.74) is 4.45. The van der Waals surface area contributed by atoms with E-state index < -0.39 is 5.91 Å². The number of methoxy groups -OCH3 is 3. The number of ether oxygens (including phenoxy) is 4. The number of hydrogen-bond acceptors (Lipinski definition) is 6. The lowest BCUT2D eigenvalue weighted by molar-refractivity contribution is 0.0954. The first kappa shape index (κ1) is 23.0. The largest absolute Gasteiger partial charge is 0.497 e. The average molecular weight is 455 g/mol. The molecule has 1 N–H and O–H groups in total. The maximum absolute atomic E-state index is 12.4. The van der Waals surface area contributed by atoms with Crippen LogP contribution in [0.5, 0.6) is 23.0 Å². The topological polar surface area (TPSA) is 78.4 Å². The summed E-state index contributed by atoms with van der Waals surface area (Å²) in [7, 11) is 4.55. The van der Waals surface area contributed by atoms with Crippen LogP contribution in [0.15, 0.2) is 65.8 Å². The highest BCUT2D eigenvalue weighted by atomic mass is 35.5. The van der Waals surface area contributed by atoms with Crippen LogP contribution in [0.25, 0.3) is 0 Å². The Morgan fingerprint density at radius 3 is 2.28 bits per heavy atom. The van der Waals surface area contributed by atoms with Gasteiger partial charge in [-0.05, 0) is 35.4 Å². The van der Waals surface area contributed by atoms with E-state index in [9.17, 15) is 4.79 Å². The Bertz CT molecular complexity index is 1080. The predicted octanol–water partition coefficient (Wildman–Crippen LogP) is 4.71. The molecule has 0 aliphatic carbocycles. The molecule has 0 atom stereocenters. The average Bonchev–Trinajstić information content (AvgIpc) is 2.83. The van der Waals surface area contributed by atoms with Crippen molar-refractivity contribution in [3.05, 3.63) is 82.4 Å². The predicted molar refractivity (Wildman–Crippen MR) is 123 cm³/mol. The monoisotopic (exact) mass is 454 g/mol. The normalized spacial score (nSPS) is 10.6. The summed E-state index contributed by atoms with van der Waals surface area (Å²) in [6.07, 6.45) is 1.46. The van der Waals surface area contributed by atoms with Crippen molar-refractivity contribution in [3.63, 3.8) is 0 Å². The van der Waals surface area contributed by atoms with Gasteiger partial charge in [-0.2, -0.15) is 5.10 Å². The molecule has 0 aliphatic heterocycles. The summed E-state index contributed by atoms with van der Waals surface area (Å²) in [5.74, 6) is 1.47. The van der Waals surface area contributed by atoms with E-state index in [0.29, 0.717) is 45.8 Å². The summed E-state index contributed by atoms with van der Waals surface area (Å²) < 4.78 is 21.6. The lowest BCUT2D eigenvalue weighted by Gasteiger charge is -2.13. The maximum Gasteiger partial charge on any atom is 0.271 e. The molecule has 3 aromatic carbocycles. The quantitative estimate of drug-likeness (QED) is 0.374. The van der Waals surface area contributed by atoms with E-state index in [0.717, 1.165) is 5.56 Å². The molecule has 0 saturated heterocycles. The number of carbonyl (C=O) groups excluding carboxylic acids is 1. The molecule has 0 unspecified atom stereocenters. The van der Waals surface area contributed by atoms with E-state index in [1.54, 1.807) is 30.3 Å². The van der Waals surface area contributed by atoms with Crippen LogP contribution in [0, 0.1) is 0 Å². The second-order valence-electron chi connectivity index (χ2n) is 6.61. The van der Waals surface area contributed by atoms with Gasteiger partial charge in [0.2, 0.25) is 0 Å². The fourth-order valence-electron chi connectivity index (χ4n) is 2.85. The molecule has 32 heavy (non-hydrogen) atoms. The minimum absolute atomic E-state index is 0.346. The summed E-state index contributed by atoms with van der Waals surface area (Å²) in [4.78, 5) is 12.4. The van der Waals surface area contributed by atoms with Crippen LogP contribution in [0.3, 0.4) is 0 Å². The second kappa shape index (κ2) is 11.1. The zero-order valence-corrected chi connectivity index (χ0v) is 18.7. The van der Waals surface area contributed by atoms with E-state index in [1.807, 2.05) is 30.3 Å². The van der Waals surface area contributed by atoms with E-state index in [4.69, 9.17) is 30.5 Å². The molecule has 0 fully saturated rings. The Balaban J connectivity index is 1.70. The Kier molecular flexibility index (Phi) is 7.94. The van der Waals surface area contributed by atoms with Gasteiger partial charge in [-0.1, -0.05) is 41.9 Å². The zero-order valence-electron chi connectivity index (χ0n) is 17.9. The summed E-state index contributed by atoms with van der Waals surface area (Å²) in [5, 5.41) is 4.37. The van der Waals surface area contributed by atoms with Gasteiger partial charge in [0.05, 0.1) is 32.6 Å². The molecule has 1 amide bonds. The molecular weight excluding hydrogens is 432 g/mol. The number of amides is 1. The van der Waals surface area contributed by atoms with Crippen LogP contribution >= 0.6 is 11.6 Å². The number of hydrazone groups is 1. The minimum atomic E-state index is -0.417. The van der Waals surface area contributed by atoms with Crippen LogP contribution in [0.1, 0.15) is 21.5 Å². The third kappa shape index (κ3) is 5.92. The lowest BCUT2D eigenvalue weighted by atomic mass is 10.2. The van der Waals surface area contributed by atoms with Crippen LogP contribution in [-0.2, 0) is 6.61 Å². The minimum Gasteiger partial charge on any atom is -0.497 e. The van der Waals surface area contributed by atoms with Gasteiger partial charge in [-0.25, -0.2) is 5.43 Å². The highest BCUT2D eigenvalue weighted by Crippen LogP contribution is 2.36. The highest BCUT2D eigenvalue weighted by Gasteiger charge is 2.13. The van der Waals surface area contributed by atoms with Gasteiger partial charge in [0.15, 0.2) is 11.5 Å². The Labute approximate surface area is 191 Å². The smallest absolute Gasteiger partial charge is 0.271 e. The van der Waals surface area contributed by atoms with Crippen molar-refractivity contribution in [3.8, 4) is 23.0 Å². The van der Waals surface area contributed by atoms with Gasteiger partial charge in [0.25, 0.3) is 5.91 Å². The standard InChI is InChI=1S/C24H23ClN2O5/c1-29-19-11-18(12-20(13-19)30-2)24(28)27-26-14-17-9-21(25)23(22(10-17)31-3)32-15-16-7-5-4-6-8-16/h4-14H,15H2,1-3H3,(H,27,28)/b26-14-. The number of nitrogens with one attached hydrogen (secondary N) is 1. The third-order valence-electron chi connectivity index (χ3n) is 4.47. The number of nitrogens with zero attached hydrogens (tertiary/aromatic N) is 1. The van der Waals surface area contributed by atoms with Gasteiger partial charge in [-0.15, -0.1) is 0 Å². The number of hydrogen-bond donors (Lipinski definition) is 1. The second-order valence-corrected chi connectivity index (χ2v) is 7.02. The molecule has 0 bridgehead atoms. The van der Waals surface area contributed by atoms with Crippen molar-refractivity contribution in [2.24, 2.45) is 5.10 Å². The van der Waals surface area contributed by atoms with Gasteiger partial charge in [0.1, 0.15) is 18.1 Å². The maximum atomic E-state index is 12.4. The molecule has 0 saturated carbocycles. The molecule has 8 heteroatoms. The van der Waals surface area contributed by atoms with E-state index >= 15 is 0 Å². The molecule has 0 radical (unpaired) electrons. The number of halogens is 1. The Hall–Kier alpha value is -3.71. The molecule has 3 aromatic rings. The highest BCUT2D eigenvalue weighted by molar-refractivity contribution is 6.32. The first-order valence-electron chi connectivity index (χ1n) is 9.64. The van der Waals surface area contributed by atoms with Crippen molar-refractivity contribution in [2.45, 2.75) is 6.61 Å². The van der Waals surface area contributed by atoms with Crippen molar-refractivity contribution < 1.29 is 23.7 Å². The molecule has 0 spiro atoms. The van der Waals surface area contributed by atoms with Gasteiger partial charge in [-0.3, -0.25) is 4.79 Å². The molecular formula is C24H23ClN2O5. The van der Waals surface area contributed by atoms with E-state index in [1.165, 1.54) is 27.5 Å². The molecule has 0 aliphatic rings. The van der Waals surface area contributed by atoms with Crippen molar-refractivity contribution in [1.29, 1.82) is 0 Å². The fraction of sp³-hybridized carbons (Fsp3) is 0.167. The van der Waals surface area contributed by atoms with E-state index in [-0.39, 0.29) is 0 Å². The fourth-order valence-corrected chi connectivity index (χ4v) is 3.13. The zero-order chi connectivity index (χ0) is 22.9. The number of carbonyl (C=O) groups is 1. The van der Waals surface area contributed by atoms with Crippen LogP contribution in [0.2, 0.25) is 5.02 Å². The summed E-state index contributed by atoms with van der Waals surface area (Å²) in [6, 6.07) is 18.0. The SMILES string of the molecule is COc1cc(OC)cc(C(=O)N/N=C\c2cc(Cl)c(OCc3ccccc3)c(OC)c2)c1. The summed E-state index contributed by atoms with van der Waals surface area (Å²) in [6.45, 7) is 0.352. The first-order chi connectivity index (χ1) is 15.5. The molecule has 3 rings (SSSR count). The molecule has 0 heterocycles. The van der Waals surface area contributed by atoms with Crippen LogP contribution in [-0.4, -0.2) is 33.5 Å². The van der Waals surface area contributed by atoms with Crippen molar-refractivity contribution >= 4 is 23.7 Å². The molecule has 0 aromatic heterocycles.